The molecule has 0 spiro atoms. The molecule has 0 aliphatic carbocycles. The van der Waals surface area contributed by atoms with Crippen LogP contribution in [0.4, 0.5) is 0 Å². The third-order valence-corrected chi connectivity index (χ3v) is 4.73. The van der Waals surface area contributed by atoms with E-state index in [-0.39, 0.29) is 6.04 Å². The van der Waals surface area contributed by atoms with Crippen LogP contribution in [0.5, 0.6) is 5.75 Å². The molecule has 1 aromatic carbocycles. The van der Waals surface area contributed by atoms with Crippen LogP contribution in [0.1, 0.15) is 23.1 Å². The summed E-state index contributed by atoms with van der Waals surface area (Å²) in [5.74, 6) is 2.12. The number of rotatable bonds is 3. The first-order chi connectivity index (χ1) is 9.29. The Bertz CT molecular complexity index is 588. The molecular formula is C15H16N2OS. The van der Waals surface area contributed by atoms with Crippen LogP contribution >= 0.6 is 11.8 Å². The zero-order valence-corrected chi connectivity index (χ0v) is 11.6. The highest BCUT2D eigenvalue weighted by molar-refractivity contribution is 7.99. The van der Waals surface area contributed by atoms with E-state index in [2.05, 4.69) is 29.2 Å². The molecule has 3 nitrogen and oxygen atoms in total. The van der Waals surface area contributed by atoms with E-state index in [1.165, 1.54) is 10.5 Å². The number of hydrogen-bond donors (Lipinski definition) is 1. The van der Waals surface area contributed by atoms with E-state index < -0.39 is 0 Å². The van der Waals surface area contributed by atoms with Crippen molar-refractivity contribution in [2.24, 2.45) is 5.73 Å². The van der Waals surface area contributed by atoms with Crippen molar-refractivity contribution < 1.29 is 4.74 Å². The second-order valence-corrected chi connectivity index (χ2v) is 5.70. The van der Waals surface area contributed by atoms with Gasteiger partial charge in [0.2, 0.25) is 0 Å². The summed E-state index contributed by atoms with van der Waals surface area (Å²) in [7, 11) is 1.65. The molecule has 1 aromatic heterocycles. The maximum absolute atomic E-state index is 6.43. The van der Waals surface area contributed by atoms with Gasteiger partial charge in [-0.15, -0.1) is 11.8 Å². The molecule has 0 radical (unpaired) electrons. The Labute approximate surface area is 117 Å². The average molecular weight is 272 g/mol. The molecule has 0 amide bonds. The SMILES string of the molecule is COc1cncc(C(N)C2CSc3ccccc32)c1. The minimum absolute atomic E-state index is 0.0428. The van der Waals surface area contributed by atoms with Crippen molar-refractivity contribution in [3.8, 4) is 5.75 Å². The van der Waals surface area contributed by atoms with Gasteiger partial charge in [-0.05, 0) is 23.3 Å². The van der Waals surface area contributed by atoms with Crippen LogP contribution in [0.3, 0.4) is 0 Å². The van der Waals surface area contributed by atoms with Gasteiger partial charge in [-0.1, -0.05) is 18.2 Å². The highest BCUT2D eigenvalue weighted by atomic mass is 32.2. The van der Waals surface area contributed by atoms with Gasteiger partial charge in [-0.3, -0.25) is 4.98 Å². The van der Waals surface area contributed by atoms with Gasteiger partial charge in [-0.25, -0.2) is 0 Å². The van der Waals surface area contributed by atoms with Crippen LogP contribution in [0.15, 0.2) is 47.6 Å². The van der Waals surface area contributed by atoms with E-state index in [1.54, 1.807) is 13.3 Å². The van der Waals surface area contributed by atoms with Crippen LogP contribution in [-0.4, -0.2) is 17.8 Å². The Morgan fingerprint density at radius 1 is 1.37 bits per heavy atom. The number of pyridine rings is 1. The summed E-state index contributed by atoms with van der Waals surface area (Å²) in [6.45, 7) is 0. The van der Waals surface area contributed by atoms with Crippen LogP contribution in [0.2, 0.25) is 0 Å². The Morgan fingerprint density at radius 3 is 3.05 bits per heavy atom. The minimum atomic E-state index is -0.0428. The quantitative estimate of drug-likeness (QED) is 0.933. The van der Waals surface area contributed by atoms with Gasteiger partial charge < -0.3 is 10.5 Å². The molecule has 2 aromatic rings. The molecule has 1 aliphatic rings. The van der Waals surface area contributed by atoms with E-state index in [0.717, 1.165) is 17.1 Å². The van der Waals surface area contributed by atoms with E-state index >= 15 is 0 Å². The number of fused-ring (bicyclic) bond motifs is 1. The number of thioether (sulfide) groups is 1. The standard InChI is InChI=1S/C15H16N2OS/c1-18-11-6-10(7-17-8-11)15(16)13-9-19-14-5-3-2-4-12(13)14/h2-8,13,15H,9,16H2,1H3. The lowest BCUT2D eigenvalue weighted by Crippen LogP contribution is -2.20. The lowest BCUT2D eigenvalue weighted by molar-refractivity contribution is 0.411. The number of ether oxygens (including phenoxy) is 1. The minimum Gasteiger partial charge on any atom is -0.495 e. The van der Waals surface area contributed by atoms with Crippen LogP contribution in [0.25, 0.3) is 0 Å². The van der Waals surface area contributed by atoms with Crippen LogP contribution < -0.4 is 10.5 Å². The number of aromatic nitrogens is 1. The van der Waals surface area contributed by atoms with Gasteiger partial charge in [0.25, 0.3) is 0 Å². The lowest BCUT2D eigenvalue weighted by atomic mass is 9.90. The van der Waals surface area contributed by atoms with Crippen molar-refractivity contribution in [2.45, 2.75) is 16.9 Å². The van der Waals surface area contributed by atoms with Gasteiger partial charge >= 0.3 is 0 Å². The molecule has 4 heteroatoms. The monoisotopic (exact) mass is 272 g/mol. The maximum Gasteiger partial charge on any atom is 0.137 e. The summed E-state index contributed by atoms with van der Waals surface area (Å²) < 4.78 is 5.21. The highest BCUT2D eigenvalue weighted by Crippen LogP contribution is 2.44. The number of nitrogens with zero attached hydrogens (tertiary/aromatic N) is 1. The van der Waals surface area contributed by atoms with Crippen molar-refractivity contribution in [3.05, 3.63) is 53.9 Å². The van der Waals surface area contributed by atoms with Crippen LogP contribution in [-0.2, 0) is 0 Å². The molecular weight excluding hydrogens is 256 g/mol. The normalized spacial score (nSPS) is 18.9. The van der Waals surface area contributed by atoms with Crippen molar-refractivity contribution in [1.29, 1.82) is 0 Å². The largest absolute Gasteiger partial charge is 0.495 e. The second-order valence-electron chi connectivity index (χ2n) is 4.64. The molecule has 2 N–H and O–H groups in total. The molecule has 2 atom stereocenters. The summed E-state index contributed by atoms with van der Waals surface area (Å²) in [6.07, 6.45) is 3.53. The zero-order chi connectivity index (χ0) is 13.2. The Kier molecular flexibility index (Phi) is 3.44. The third kappa shape index (κ3) is 2.33. The Balaban J connectivity index is 1.90. The fourth-order valence-electron chi connectivity index (χ4n) is 2.45. The molecule has 98 valence electrons. The Morgan fingerprint density at radius 2 is 2.21 bits per heavy atom. The first kappa shape index (κ1) is 12.5. The number of methoxy groups -OCH3 is 1. The summed E-state index contributed by atoms with van der Waals surface area (Å²) in [6, 6.07) is 10.4. The van der Waals surface area contributed by atoms with Crippen molar-refractivity contribution in [2.75, 3.05) is 12.9 Å². The van der Waals surface area contributed by atoms with E-state index in [0.29, 0.717) is 5.92 Å². The predicted molar refractivity (Wildman–Crippen MR) is 77.6 cm³/mol. The summed E-state index contributed by atoms with van der Waals surface area (Å²) in [4.78, 5) is 5.54. The third-order valence-electron chi connectivity index (χ3n) is 3.53. The number of hydrogen-bond acceptors (Lipinski definition) is 4. The molecule has 0 saturated heterocycles. The summed E-state index contributed by atoms with van der Waals surface area (Å²) in [5, 5.41) is 0. The fraction of sp³-hybridized carbons (Fsp3) is 0.267. The topological polar surface area (TPSA) is 48.1 Å². The lowest BCUT2D eigenvalue weighted by Gasteiger charge is -2.20. The molecule has 2 unspecified atom stereocenters. The van der Waals surface area contributed by atoms with Gasteiger partial charge in [0, 0.05) is 28.8 Å². The van der Waals surface area contributed by atoms with E-state index in [1.807, 2.05) is 24.0 Å². The number of nitrogens with two attached hydrogens (primary N) is 1. The van der Waals surface area contributed by atoms with Gasteiger partial charge in [0.05, 0.1) is 13.3 Å². The molecule has 0 bridgehead atoms. The average Bonchev–Trinajstić information content (AvgIpc) is 2.90. The van der Waals surface area contributed by atoms with E-state index in [9.17, 15) is 0 Å². The predicted octanol–water partition coefficient (Wildman–Crippen LogP) is 2.98. The van der Waals surface area contributed by atoms with Gasteiger partial charge in [-0.2, -0.15) is 0 Å². The molecule has 0 saturated carbocycles. The number of benzene rings is 1. The first-order valence-electron chi connectivity index (χ1n) is 6.26. The van der Waals surface area contributed by atoms with Crippen molar-refractivity contribution >= 4 is 11.8 Å². The molecule has 0 fully saturated rings. The van der Waals surface area contributed by atoms with Crippen LogP contribution in [0, 0.1) is 0 Å². The first-order valence-corrected chi connectivity index (χ1v) is 7.24. The molecule has 2 heterocycles. The summed E-state index contributed by atoms with van der Waals surface area (Å²) >= 11 is 1.88. The smallest absolute Gasteiger partial charge is 0.137 e. The zero-order valence-electron chi connectivity index (χ0n) is 10.7. The van der Waals surface area contributed by atoms with Gasteiger partial charge in [0.15, 0.2) is 0 Å². The van der Waals surface area contributed by atoms with E-state index in [4.69, 9.17) is 10.5 Å². The van der Waals surface area contributed by atoms with Crippen molar-refractivity contribution in [3.63, 3.8) is 0 Å². The molecule has 3 rings (SSSR count). The fourth-order valence-corrected chi connectivity index (χ4v) is 3.75. The van der Waals surface area contributed by atoms with Gasteiger partial charge in [0.1, 0.15) is 5.75 Å². The molecule has 19 heavy (non-hydrogen) atoms. The second kappa shape index (κ2) is 5.23. The maximum atomic E-state index is 6.43. The summed E-state index contributed by atoms with van der Waals surface area (Å²) in [5.41, 5.74) is 8.81. The Hall–Kier alpha value is -1.52. The van der Waals surface area contributed by atoms with Crippen molar-refractivity contribution in [1.82, 2.24) is 4.98 Å². The highest BCUT2D eigenvalue weighted by Gasteiger charge is 2.29. The molecule has 1 aliphatic heterocycles.